The number of hydrogen-bond acceptors (Lipinski definition) is 3. The molecule has 1 heterocycles. The number of carbonyl (C=O) groups is 1. The Labute approximate surface area is 92.8 Å². The minimum Gasteiger partial charge on any atom is -0.494 e. The lowest BCUT2D eigenvalue weighted by atomic mass is 10.1. The molecule has 0 aliphatic carbocycles. The minimum atomic E-state index is -0.529. The van der Waals surface area contributed by atoms with Gasteiger partial charge in [-0.2, -0.15) is 0 Å². The molecule has 0 atom stereocenters. The van der Waals surface area contributed by atoms with Gasteiger partial charge in [-0.05, 0) is 18.2 Å². The number of hydrogen-bond donors (Lipinski definition) is 1. The van der Waals surface area contributed by atoms with Crippen molar-refractivity contribution in [2.75, 3.05) is 20.2 Å². The van der Waals surface area contributed by atoms with Crippen molar-refractivity contribution in [1.82, 2.24) is 4.90 Å². The SMILES string of the molecule is COc1ccc(C(=O)N2CC(N)C2)cc1F. The van der Waals surface area contributed by atoms with Crippen molar-refractivity contribution >= 4 is 5.91 Å². The third-order valence-electron chi connectivity index (χ3n) is 2.60. The lowest BCUT2D eigenvalue weighted by Gasteiger charge is -2.36. The number of amides is 1. The van der Waals surface area contributed by atoms with E-state index in [0.29, 0.717) is 18.7 Å². The third kappa shape index (κ3) is 1.86. The first-order valence-corrected chi connectivity index (χ1v) is 5.00. The number of nitrogens with zero attached hydrogens (tertiary/aromatic N) is 1. The van der Waals surface area contributed by atoms with Crippen LogP contribution in [0.1, 0.15) is 10.4 Å². The first-order valence-electron chi connectivity index (χ1n) is 5.00. The van der Waals surface area contributed by atoms with E-state index in [9.17, 15) is 9.18 Å². The molecule has 0 radical (unpaired) electrons. The van der Waals surface area contributed by atoms with Gasteiger partial charge >= 0.3 is 0 Å². The van der Waals surface area contributed by atoms with Crippen LogP contribution in [-0.2, 0) is 0 Å². The van der Waals surface area contributed by atoms with Crippen LogP contribution in [0.4, 0.5) is 4.39 Å². The number of ether oxygens (including phenoxy) is 1. The topological polar surface area (TPSA) is 55.6 Å². The van der Waals surface area contributed by atoms with E-state index in [2.05, 4.69) is 0 Å². The second-order valence-corrected chi connectivity index (χ2v) is 3.82. The Bertz CT molecular complexity index is 416. The molecular weight excluding hydrogens is 211 g/mol. The van der Waals surface area contributed by atoms with Crippen LogP contribution in [-0.4, -0.2) is 37.0 Å². The predicted molar refractivity (Wildman–Crippen MR) is 56.8 cm³/mol. The van der Waals surface area contributed by atoms with E-state index < -0.39 is 5.82 Å². The Hall–Kier alpha value is -1.62. The lowest BCUT2D eigenvalue weighted by Crippen LogP contribution is -2.57. The molecule has 16 heavy (non-hydrogen) atoms. The summed E-state index contributed by atoms with van der Waals surface area (Å²) >= 11 is 0. The average Bonchev–Trinajstić information content (AvgIpc) is 2.24. The molecule has 1 saturated heterocycles. The summed E-state index contributed by atoms with van der Waals surface area (Å²) in [4.78, 5) is 13.4. The molecule has 86 valence electrons. The van der Waals surface area contributed by atoms with Crippen molar-refractivity contribution in [1.29, 1.82) is 0 Å². The smallest absolute Gasteiger partial charge is 0.254 e. The fourth-order valence-corrected chi connectivity index (χ4v) is 1.66. The Morgan fingerprint density at radius 1 is 1.56 bits per heavy atom. The number of halogens is 1. The van der Waals surface area contributed by atoms with Gasteiger partial charge < -0.3 is 15.4 Å². The zero-order valence-electron chi connectivity index (χ0n) is 8.94. The molecule has 1 amide bonds. The summed E-state index contributed by atoms with van der Waals surface area (Å²) in [5.74, 6) is -0.585. The van der Waals surface area contributed by atoms with E-state index in [1.807, 2.05) is 0 Å². The number of rotatable bonds is 2. The fraction of sp³-hybridized carbons (Fsp3) is 0.364. The zero-order chi connectivity index (χ0) is 11.7. The molecule has 0 aromatic heterocycles. The highest BCUT2D eigenvalue weighted by Crippen LogP contribution is 2.20. The maximum Gasteiger partial charge on any atom is 0.254 e. The van der Waals surface area contributed by atoms with Crippen molar-refractivity contribution in [2.24, 2.45) is 5.73 Å². The molecule has 1 aromatic rings. The summed E-state index contributed by atoms with van der Waals surface area (Å²) < 4.78 is 18.1. The molecule has 2 N–H and O–H groups in total. The zero-order valence-corrected chi connectivity index (χ0v) is 8.94. The van der Waals surface area contributed by atoms with Gasteiger partial charge in [0.05, 0.1) is 7.11 Å². The maximum atomic E-state index is 13.4. The Balaban J connectivity index is 2.15. The maximum absolute atomic E-state index is 13.4. The quantitative estimate of drug-likeness (QED) is 0.801. The van der Waals surface area contributed by atoms with Gasteiger partial charge in [0, 0.05) is 24.7 Å². The second-order valence-electron chi connectivity index (χ2n) is 3.82. The van der Waals surface area contributed by atoms with Crippen molar-refractivity contribution in [3.8, 4) is 5.75 Å². The average molecular weight is 224 g/mol. The van der Waals surface area contributed by atoms with Gasteiger partial charge in [-0.3, -0.25) is 4.79 Å². The van der Waals surface area contributed by atoms with Gasteiger partial charge in [0.15, 0.2) is 11.6 Å². The van der Waals surface area contributed by atoms with Crippen LogP contribution in [0.15, 0.2) is 18.2 Å². The number of likely N-dealkylation sites (tertiary alicyclic amines) is 1. The van der Waals surface area contributed by atoms with E-state index >= 15 is 0 Å². The summed E-state index contributed by atoms with van der Waals surface area (Å²) in [6.07, 6.45) is 0. The van der Waals surface area contributed by atoms with Gasteiger partial charge in [-0.15, -0.1) is 0 Å². The number of carbonyl (C=O) groups excluding carboxylic acids is 1. The van der Waals surface area contributed by atoms with Gasteiger partial charge in [0.2, 0.25) is 0 Å². The molecule has 0 saturated carbocycles. The third-order valence-corrected chi connectivity index (χ3v) is 2.60. The molecule has 1 aliphatic heterocycles. The van der Waals surface area contributed by atoms with Crippen LogP contribution in [0.5, 0.6) is 5.75 Å². The Morgan fingerprint density at radius 3 is 2.75 bits per heavy atom. The van der Waals surface area contributed by atoms with Crippen molar-refractivity contribution < 1.29 is 13.9 Å². The van der Waals surface area contributed by atoms with E-state index in [1.165, 1.54) is 19.2 Å². The van der Waals surface area contributed by atoms with E-state index in [-0.39, 0.29) is 17.7 Å². The monoisotopic (exact) mass is 224 g/mol. The number of benzene rings is 1. The second kappa shape index (κ2) is 4.09. The highest BCUT2D eigenvalue weighted by Gasteiger charge is 2.28. The molecule has 0 unspecified atom stereocenters. The van der Waals surface area contributed by atoms with Crippen LogP contribution in [0, 0.1) is 5.82 Å². The molecule has 4 nitrogen and oxygen atoms in total. The molecule has 0 spiro atoms. The molecule has 0 bridgehead atoms. The summed E-state index contributed by atoms with van der Waals surface area (Å²) in [5.41, 5.74) is 5.90. The number of methoxy groups -OCH3 is 1. The first-order chi connectivity index (χ1) is 7.61. The Morgan fingerprint density at radius 2 is 2.25 bits per heavy atom. The van der Waals surface area contributed by atoms with Gasteiger partial charge in [-0.1, -0.05) is 0 Å². The van der Waals surface area contributed by atoms with Crippen molar-refractivity contribution in [3.05, 3.63) is 29.6 Å². The van der Waals surface area contributed by atoms with Crippen LogP contribution in [0.3, 0.4) is 0 Å². The van der Waals surface area contributed by atoms with Gasteiger partial charge in [0.1, 0.15) is 0 Å². The standard InChI is InChI=1S/C11H13FN2O2/c1-16-10-3-2-7(4-9(10)12)11(15)14-5-8(13)6-14/h2-4,8H,5-6,13H2,1H3. The van der Waals surface area contributed by atoms with Crippen LogP contribution in [0.2, 0.25) is 0 Å². The largest absolute Gasteiger partial charge is 0.494 e. The summed E-state index contributed by atoms with van der Waals surface area (Å²) in [6.45, 7) is 1.07. The fourth-order valence-electron chi connectivity index (χ4n) is 1.66. The summed E-state index contributed by atoms with van der Waals surface area (Å²) in [6, 6.07) is 4.23. The van der Waals surface area contributed by atoms with E-state index in [1.54, 1.807) is 11.0 Å². The lowest BCUT2D eigenvalue weighted by molar-refractivity contribution is 0.0607. The van der Waals surface area contributed by atoms with Crippen LogP contribution in [0.25, 0.3) is 0 Å². The molecule has 2 rings (SSSR count). The minimum absolute atomic E-state index is 0.0482. The molecule has 1 aliphatic rings. The van der Waals surface area contributed by atoms with Gasteiger partial charge in [0.25, 0.3) is 5.91 Å². The number of nitrogens with two attached hydrogens (primary N) is 1. The van der Waals surface area contributed by atoms with Crippen molar-refractivity contribution in [3.63, 3.8) is 0 Å². The van der Waals surface area contributed by atoms with Crippen molar-refractivity contribution in [2.45, 2.75) is 6.04 Å². The van der Waals surface area contributed by atoms with E-state index in [0.717, 1.165) is 0 Å². The van der Waals surface area contributed by atoms with Crippen LogP contribution >= 0.6 is 0 Å². The normalized spacial score (nSPS) is 15.8. The Kier molecular flexibility index (Phi) is 2.78. The highest BCUT2D eigenvalue weighted by molar-refractivity contribution is 5.95. The highest BCUT2D eigenvalue weighted by atomic mass is 19.1. The summed E-state index contributed by atoms with van der Waals surface area (Å²) in [5, 5.41) is 0. The van der Waals surface area contributed by atoms with Gasteiger partial charge in [-0.25, -0.2) is 4.39 Å². The molecule has 1 aromatic carbocycles. The first kappa shape index (κ1) is 10.9. The summed E-state index contributed by atoms with van der Waals surface area (Å²) in [7, 11) is 1.38. The van der Waals surface area contributed by atoms with Crippen LogP contribution < -0.4 is 10.5 Å². The molecule has 1 fully saturated rings. The molecule has 5 heteroatoms. The van der Waals surface area contributed by atoms with E-state index in [4.69, 9.17) is 10.5 Å². The predicted octanol–water partition coefficient (Wildman–Crippen LogP) is 0.617. The molecular formula is C11H13FN2O2.